The van der Waals surface area contributed by atoms with E-state index in [9.17, 15) is 4.79 Å². The highest BCUT2D eigenvalue weighted by Crippen LogP contribution is 2.26. The molecule has 0 bridgehead atoms. The topological polar surface area (TPSA) is 69.0 Å². The molecular weight excluding hydrogens is 464 g/mol. The number of rotatable bonds is 8. The Morgan fingerprint density at radius 3 is 2.47 bits per heavy atom. The number of nitrogens with zero attached hydrogens (tertiary/aromatic N) is 3. The molecule has 1 heterocycles. The van der Waals surface area contributed by atoms with Crippen molar-refractivity contribution in [2.75, 3.05) is 11.1 Å². The van der Waals surface area contributed by atoms with Gasteiger partial charge in [0.2, 0.25) is 5.91 Å². The number of nitrogens with one attached hydrogen (secondary N) is 1. The number of aromatic nitrogens is 3. The third-order valence-corrected chi connectivity index (χ3v) is 5.89. The van der Waals surface area contributed by atoms with Crippen molar-refractivity contribution in [3.63, 3.8) is 0 Å². The molecule has 0 saturated carbocycles. The van der Waals surface area contributed by atoms with Gasteiger partial charge >= 0.3 is 0 Å². The molecule has 1 atom stereocenters. The van der Waals surface area contributed by atoms with Crippen molar-refractivity contribution in [1.29, 1.82) is 0 Å². The molecule has 0 radical (unpaired) electrons. The summed E-state index contributed by atoms with van der Waals surface area (Å²) in [6.45, 7) is 8.78. The zero-order valence-corrected chi connectivity index (χ0v) is 19.9. The molecule has 2 aromatic carbocycles. The smallest absolute Gasteiger partial charge is 0.234 e. The average molecular weight is 489 g/mol. The first-order valence-electron chi connectivity index (χ1n) is 9.72. The molecule has 1 aromatic heterocycles. The highest BCUT2D eigenvalue weighted by atomic mass is 79.9. The number of thioether (sulfide) groups is 1. The van der Waals surface area contributed by atoms with Crippen molar-refractivity contribution in [3.05, 3.63) is 63.9 Å². The SMILES string of the molecule is CCn1c(SCC(=O)Nc2ccc(Br)cc2)nnc1C(C)Oc1cc(C)cc(C)c1. The number of carbonyl (C=O) groups excluding carboxylic acids is 1. The molecule has 0 saturated heterocycles. The molecule has 6 nitrogen and oxygen atoms in total. The summed E-state index contributed by atoms with van der Waals surface area (Å²) in [6, 6.07) is 13.6. The zero-order valence-electron chi connectivity index (χ0n) is 17.5. The number of amides is 1. The Morgan fingerprint density at radius 1 is 1.17 bits per heavy atom. The van der Waals surface area contributed by atoms with E-state index in [-0.39, 0.29) is 17.8 Å². The third kappa shape index (κ3) is 5.86. The fraction of sp³-hybridized carbons (Fsp3) is 0.318. The van der Waals surface area contributed by atoms with Crippen LogP contribution in [-0.2, 0) is 11.3 Å². The lowest BCUT2D eigenvalue weighted by Crippen LogP contribution is -2.15. The minimum atomic E-state index is -0.260. The number of hydrogen-bond donors (Lipinski definition) is 1. The summed E-state index contributed by atoms with van der Waals surface area (Å²) in [4.78, 5) is 12.3. The number of hydrogen-bond acceptors (Lipinski definition) is 5. The maximum Gasteiger partial charge on any atom is 0.234 e. The normalized spacial score (nSPS) is 11.9. The average Bonchev–Trinajstić information content (AvgIpc) is 3.10. The summed E-state index contributed by atoms with van der Waals surface area (Å²) in [5, 5.41) is 12.2. The lowest BCUT2D eigenvalue weighted by molar-refractivity contribution is -0.113. The number of anilines is 1. The molecule has 1 amide bonds. The van der Waals surface area contributed by atoms with Crippen LogP contribution >= 0.6 is 27.7 Å². The van der Waals surface area contributed by atoms with E-state index in [0.29, 0.717) is 11.7 Å². The minimum absolute atomic E-state index is 0.0888. The van der Waals surface area contributed by atoms with Gasteiger partial charge in [-0.3, -0.25) is 4.79 Å². The van der Waals surface area contributed by atoms with E-state index in [1.165, 1.54) is 11.8 Å². The van der Waals surface area contributed by atoms with Crippen LogP contribution in [0.3, 0.4) is 0 Å². The van der Waals surface area contributed by atoms with Gasteiger partial charge in [0.15, 0.2) is 17.1 Å². The van der Waals surface area contributed by atoms with Crippen molar-refractivity contribution in [2.45, 2.75) is 45.5 Å². The van der Waals surface area contributed by atoms with E-state index in [4.69, 9.17) is 4.74 Å². The minimum Gasteiger partial charge on any atom is -0.483 e. The first kappa shape index (κ1) is 22.4. The van der Waals surface area contributed by atoms with Crippen LogP contribution in [0, 0.1) is 13.8 Å². The molecule has 3 aromatic rings. The monoisotopic (exact) mass is 488 g/mol. The molecule has 0 spiro atoms. The lowest BCUT2D eigenvalue weighted by Gasteiger charge is -2.16. The Bertz CT molecular complexity index is 1000. The summed E-state index contributed by atoms with van der Waals surface area (Å²) < 4.78 is 9.08. The maximum atomic E-state index is 12.3. The van der Waals surface area contributed by atoms with Crippen molar-refractivity contribution in [1.82, 2.24) is 14.8 Å². The Morgan fingerprint density at radius 2 is 1.83 bits per heavy atom. The molecule has 0 aliphatic carbocycles. The summed E-state index contributed by atoms with van der Waals surface area (Å²) in [7, 11) is 0. The Kier molecular flexibility index (Phi) is 7.55. The molecule has 0 aliphatic heterocycles. The van der Waals surface area contributed by atoms with Crippen molar-refractivity contribution in [2.24, 2.45) is 0 Å². The number of halogens is 1. The van der Waals surface area contributed by atoms with Crippen LogP contribution in [0.25, 0.3) is 0 Å². The summed E-state index contributed by atoms with van der Waals surface area (Å²) >= 11 is 4.75. The van der Waals surface area contributed by atoms with Gasteiger partial charge in [-0.2, -0.15) is 0 Å². The molecule has 1 N–H and O–H groups in total. The van der Waals surface area contributed by atoms with Crippen molar-refractivity contribution in [3.8, 4) is 5.75 Å². The van der Waals surface area contributed by atoms with Gasteiger partial charge in [-0.15, -0.1) is 10.2 Å². The van der Waals surface area contributed by atoms with Crippen LogP contribution in [0.2, 0.25) is 0 Å². The van der Waals surface area contributed by atoms with E-state index in [2.05, 4.69) is 37.5 Å². The molecule has 158 valence electrons. The second-order valence-electron chi connectivity index (χ2n) is 7.01. The van der Waals surface area contributed by atoms with Gasteiger partial charge in [-0.25, -0.2) is 0 Å². The Balaban J connectivity index is 1.64. The highest BCUT2D eigenvalue weighted by Gasteiger charge is 2.19. The van der Waals surface area contributed by atoms with Crippen LogP contribution in [0.1, 0.15) is 36.9 Å². The van der Waals surface area contributed by atoms with Gasteiger partial charge in [0, 0.05) is 16.7 Å². The molecule has 8 heteroatoms. The van der Waals surface area contributed by atoms with E-state index in [1.54, 1.807) is 0 Å². The highest BCUT2D eigenvalue weighted by molar-refractivity contribution is 9.10. The van der Waals surface area contributed by atoms with Crippen LogP contribution < -0.4 is 10.1 Å². The quantitative estimate of drug-likeness (QED) is 0.421. The molecule has 0 fully saturated rings. The molecule has 30 heavy (non-hydrogen) atoms. The van der Waals surface area contributed by atoms with Gasteiger partial charge in [0.1, 0.15) is 5.75 Å². The van der Waals surface area contributed by atoms with Crippen LogP contribution in [0.4, 0.5) is 5.69 Å². The number of benzene rings is 2. The van der Waals surface area contributed by atoms with Crippen molar-refractivity contribution >= 4 is 39.3 Å². The number of carbonyl (C=O) groups is 1. The lowest BCUT2D eigenvalue weighted by atomic mass is 10.1. The number of ether oxygens (including phenoxy) is 1. The summed E-state index contributed by atoms with van der Waals surface area (Å²) in [5.41, 5.74) is 3.07. The summed E-state index contributed by atoms with van der Waals surface area (Å²) in [6.07, 6.45) is -0.260. The zero-order chi connectivity index (χ0) is 21.7. The van der Waals surface area contributed by atoms with Crippen molar-refractivity contribution < 1.29 is 9.53 Å². The Hall–Kier alpha value is -2.32. The fourth-order valence-corrected chi connectivity index (χ4v) is 4.20. The number of aryl methyl sites for hydroxylation is 2. The molecule has 1 unspecified atom stereocenters. The first-order valence-corrected chi connectivity index (χ1v) is 11.5. The standard InChI is InChI=1S/C22H25BrN4O2S/c1-5-27-21(16(4)29-19-11-14(2)10-15(3)12-19)25-26-22(27)30-13-20(28)24-18-8-6-17(23)7-9-18/h6-12,16H,5,13H2,1-4H3,(H,24,28). The molecule has 3 rings (SSSR count). The van der Waals surface area contributed by atoms with Gasteiger partial charge < -0.3 is 14.6 Å². The van der Waals surface area contributed by atoms with E-state index in [1.807, 2.05) is 68.7 Å². The first-order chi connectivity index (χ1) is 14.4. The second kappa shape index (κ2) is 10.1. The van der Waals surface area contributed by atoms with Crippen LogP contribution in [-0.4, -0.2) is 26.4 Å². The van der Waals surface area contributed by atoms with Crippen LogP contribution in [0.5, 0.6) is 5.75 Å². The van der Waals surface area contributed by atoms with Crippen LogP contribution in [0.15, 0.2) is 52.1 Å². The second-order valence-corrected chi connectivity index (χ2v) is 8.87. The largest absolute Gasteiger partial charge is 0.483 e. The van der Waals surface area contributed by atoms with Gasteiger partial charge in [-0.1, -0.05) is 33.8 Å². The predicted octanol–water partition coefficient (Wildman–Crippen LogP) is 5.55. The maximum absolute atomic E-state index is 12.3. The van der Waals surface area contributed by atoms with Gasteiger partial charge in [0.05, 0.1) is 5.75 Å². The Labute approximate surface area is 189 Å². The third-order valence-electron chi connectivity index (χ3n) is 4.39. The predicted molar refractivity (Wildman–Crippen MR) is 124 cm³/mol. The van der Waals surface area contributed by atoms with E-state index in [0.717, 1.165) is 32.9 Å². The summed E-state index contributed by atoms with van der Waals surface area (Å²) in [5.74, 6) is 1.72. The van der Waals surface area contributed by atoms with E-state index < -0.39 is 0 Å². The van der Waals surface area contributed by atoms with Gasteiger partial charge in [0.25, 0.3) is 0 Å². The molecular formula is C22H25BrN4O2S. The molecule has 0 aliphatic rings. The van der Waals surface area contributed by atoms with E-state index >= 15 is 0 Å². The fourth-order valence-electron chi connectivity index (χ4n) is 3.12. The van der Waals surface area contributed by atoms with Gasteiger partial charge in [-0.05, 0) is 75.2 Å².